The van der Waals surface area contributed by atoms with Gasteiger partial charge in [0.15, 0.2) is 0 Å². The van der Waals surface area contributed by atoms with Crippen LogP contribution in [0.4, 0.5) is 0 Å². The third-order valence-corrected chi connectivity index (χ3v) is 3.93. The van der Waals surface area contributed by atoms with Crippen molar-refractivity contribution in [1.29, 1.82) is 0 Å². The molecule has 1 saturated carbocycles. The second-order valence-corrected chi connectivity index (χ2v) is 5.55. The van der Waals surface area contributed by atoms with Crippen molar-refractivity contribution < 1.29 is 4.74 Å². The van der Waals surface area contributed by atoms with E-state index in [1.54, 1.807) is 7.11 Å². The summed E-state index contributed by atoms with van der Waals surface area (Å²) in [4.78, 5) is 0. The highest BCUT2D eigenvalue weighted by molar-refractivity contribution is 5.49. The molecule has 19 heavy (non-hydrogen) atoms. The smallest absolute Gasteiger partial charge is 0.126 e. The van der Waals surface area contributed by atoms with Gasteiger partial charge in [0.2, 0.25) is 0 Å². The normalized spacial score (nSPS) is 14.7. The van der Waals surface area contributed by atoms with Crippen molar-refractivity contribution in [2.45, 2.75) is 46.2 Å². The molecule has 1 aromatic carbocycles. The van der Waals surface area contributed by atoms with Gasteiger partial charge in [-0.1, -0.05) is 6.07 Å². The molecular weight excluding hydrogens is 236 g/mol. The van der Waals surface area contributed by atoms with Gasteiger partial charge >= 0.3 is 0 Å². The standard InChI is InChI=1S/C16H26N2O/c1-11-9-12(2)15(16(19-4)13(11)3)10-17-7-8-18-14-5-6-14/h9,14,17-18H,5-8,10H2,1-4H3. The minimum atomic E-state index is 0.791. The van der Waals surface area contributed by atoms with Crippen LogP contribution in [0, 0.1) is 20.8 Å². The maximum absolute atomic E-state index is 5.59. The molecule has 2 N–H and O–H groups in total. The number of hydrogen-bond donors (Lipinski definition) is 2. The molecule has 0 unspecified atom stereocenters. The zero-order valence-corrected chi connectivity index (χ0v) is 12.6. The largest absolute Gasteiger partial charge is 0.496 e. The first kappa shape index (κ1) is 14.4. The van der Waals surface area contributed by atoms with Crippen LogP contribution >= 0.6 is 0 Å². The number of methoxy groups -OCH3 is 1. The van der Waals surface area contributed by atoms with Crippen LogP contribution in [-0.4, -0.2) is 26.2 Å². The lowest BCUT2D eigenvalue weighted by molar-refractivity contribution is 0.403. The summed E-state index contributed by atoms with van der Waals surface area (Å²) in [5, 5.41) is 7.02. The molecule has 0 aromatic heterocycles. The Morgan fingerprint density at radius 3 is 2.53 bits per heavy atom. The number of benzene rings is 1. The van der Waals surface area contributed by atoms with Gasteiger partial charge in [0.25, 0.3) is 0 Å². The summed E-state index contributed by atoms with van der Waals surface area (Å²) >= 11 is 0. The minimum absolute atomic E-state index is 0.791. The Morgan fingerprint density at radius 2 is 1.89 bits per heavy atom. The van der Waals surface area contributed by atoms with Crippen LogP contribution in [0.15, 0.2) is 6.07 Å². The van der Waals surface area contributed by atoms with Gasteiger partial charge in [-0.2, -0.15) is 0 Å². The Balaban J connectivity index is 1.92. The molecule has 0 heterocycles. The lowest BCUT2D eigenvalue weighted by atomic mass is 9.99. The fourth-order valence-electron chi connectivity index (χ4n) is 2.47. The van der Waals surface area contributed by atoms with Crippen LogP contribution in [0.3, 0.4) is 0 Å². The van der Waals surface area contributed by atoms with Crippen molar-refractivity contribution >= 4 is 0 Å². The highest BCUT2D eigenvalue weighted by Crippen LogP contribution is 2.29. The predicted octanol–water partition coefficient (Wildman–Crippen LogP) is 2.46. The summed E-state index contributed by atoms with van der Waals surface area (Å²) in [6, 6.07) is 3.04. The Bertz CT molecular complexity index is 439. The molecule has 1 fully saturated rings. The van der Waals surface area contributed by atoms with Gasteiger partial charge in [0.05, 0.1) is 7.11 Å². The fraction of sp³-hybridized carbons (Fsp3) is 0.625. The molecule has 0 saturated heterocycles. The van der Waals surface area contributed by atoms with Crippen molar-refractivity contribution in [3.05, 3.63) is 28.3 Å². The maximum atomic E-state index is 5.59. The minimum Gasteiger partial charge on any atom is -0.496 e. The quantitative estimate of drug-likeness (QED) is 0.741. The molecule has 0 amide bonds. The second kappa shape index (κ2) is 6.40. The molecule has 106 valence electrons. The number of aryl methyl sites for hydroxylation is 2. The van der Waals surface area contributed by atoms with E-state index in [0.717, 1.165) is 31.4 Å². The first-order valence-electron chi connectivity index (χ1n) is 7.21. The Hall–Kier alpha value is -1.06. The first-order valence-corrected chi connectivity index (χ1v) is 7.21. The zero-order valence-electron chi connectivity index (χ0n) is 12.6. The summed E-state index contributed by atoms with van der Waals surface area (Å²) in [5.41, 5.74) is 5.15. The summed E-state index contributed by atoms with van der Waals surface area (Å²) in [5.74, 6) is 1.04. The Morgan fingerprint density at radius 1 is 1.16 bits per heavy atom. The van der Waals surface area contributed by atoms with Crippen LogP contribution in [-0.2, 0) is 6.54 Å². The fourth-order valence-corrected chi connectivity index (χ4v) is 2.47. The molecule has 0 spiro atoms. The van der Waals surface area contributed by atoms with Gasteiger partial charge in [0, 0.05) is 31.2 Å². The summed E-state index contributed by atoms with van der Waals surface area (Å²) < 4.78 is 5.59. The van der Waals surface area contributed by atoms with E-state index in [9.17, 15) is 0 Å². The van der Waals surface area contributed by atoms with E-state index >= 15 is 0 Å². The molecule has 0 radical (unpaired) electrons. The van der Waals surface area contributed by atoms with E-state index in [4.69, 9.17) is 4.74 Å². The van der Waals surface area contributed by atoms with Gasteiger partial charge in [-0.05, 0) is 50.3 Å². The SMILES string of the molecule is COc1c(C)c(C)cc(C)c1CNCCNC1CC1. The topological polar surface area (TPSA) is 33.3 Å². The monoisotopic (exact) mass is 262 g/mol. The van der Waals surface area contributed by atoms with Crippen LogP contribution in [0.1, 0.15) is 35.1 Å². The molecule has 3 nitrogen and oxygen atoms in total. The number of ether oxygens (including phenoxy) is 1. The third kappa shape index (κ3) is 3.71. The lowest BCUT2D eigenvalue weighted by Gasteiger charge is -2.17. The summed E-state index contributed by atoms with van der Waals surface area (Å²) in [6.07, 6.45) is 2.70. The van der Waals surface area contributed by atoms with E-state index in [0.29, 0.717) is 0 Å². The van der Waals surface area contributed by atoms with Crippen LogP contribution < -0.4 is 15.4 Å². The van der Waals surface area contributed by atoms with Gasteiger partial charge in [-0.15, -0.1) is 0 Å². The van der Waals surface area contributed by atoms with Gasteiger partial charge in [-0.3, -0.25) is 0 Å². The van der Waals surface area contributed by atoms with E-state index in [2.05, 4.69) is 37.5 Å². The van der Waals surface area contributed by atoms with E-state index < -0.39 is 0 Å². The molecule has 0 aliphatic heterocycles. The highest BCUT2D eigenvalue weighted by atomic mass is 16.5. The van der Waals surface area contributed by atoms with Crippen LogP contribution in [0.2, 0.25) is 0 Å². The molecule has 0 atom stereocenters. The summed E-state index contributed by atoms with van der Waals surface area (Å²) in [7, 11) is 1.76. The summed E-state index contributed by atoms with van der Waals surface area (Å²) in [6.45, 7) is 9.37. The predicted molar refractivity (Wildman–Crippen MR) is 79.9 cm³/mol. The molecule has 2 rings (SSSR count). The average Bonchev–Trinajstić information content (AvgIpc) is 3.19. The Labute approximate surface area is 116 Å². The Kier molecular flexibility index (Phi) is 4.83. The van der Waals surface area contributed by atoms with Crippen molar-refractivity contribution in [2.75, 3.05) is 20.2 Å². The van der Waals surface area contributed by atoms with Gasteiger partial charge in [-0.25, -0.2) is 0 Å². The first-order chi connectivity index (χ1) is 9.13. The lowest BCUT2D eigenvalue weighted by Crippen LogP contribution is -2.28. The van der Waals surface area contributed by atoms with Crippen molar-refractivity contribution in [1.82, 2.24) is 10.6 Å². The van der Waals surface area contributed by atoms with Crippen molar-refractivity contribution in [2.24, 2.45) is 0 Å². The van der Waals surface area contributed by atoms with Gasteiger partial charge in [0.1, 0.15) is 5.75 Å². The second-order valence-electron chi connectivity index (χ2n) is 5.55. The molecule has 1 aliphatic rings. The molecular formula is C16H26N2O. The molecule has 0 bridgehead atoms. The molecule has 1 aliphatic carbocycles. The number of rotatable bonds is 7. The van der Waals surface area contributed by atoms with Gasteiger partial charge < -0.3 is 15.4 Å². The van der Waals surface area contributed by atoms with Crippen molar-refractivity contribution in [3.63, 3.8) is 0 Å². The van der Waals surface area contributed by atoms with Crippen molar-refractivity contribution in [3.8, 4) is 5.75 Å². The third-order valence-electron chi connectivity index (χ3n) is 3.93. The van der Waals surface area contributed by atoms with E-state index in [1.807, 2.05) is 0 Å². The molecule has 1 aromatic rings. The number of hydrogen-bond acceptors (Lipinski definition) is 3. The molecule has 3 heteroatoms. The number of nitrogens with one attached hydrogen (secondary N) is 2. The maximum Gasteiger partial charge on any atom is 0.126 e. The van der Waals surface area contributed by atoms with Crippen LogP contribution in [0.25, 0.3) is 0 Å². The van der Waals surface area contributed by atoms with Crippen LogP contribution in [0.5, 0.6) is 5.75 Å². The van der Waals surface area contributed by atoms with E-state index in [-0.39, 0.29) is 0 Å². The zero-order chi connectivity index (χ0) is 13.8. The average molecular weight is 262 g/mol. The highest BCUT2D eigenvalue weighted by Gasteiger charge is 2.19. The van der Waals surface area contributed by atoms with E-state index in [1.165, 1.54) is 35.1 Å².